The number of imidazole rings is 1. The van der Waals surface area contributed by atoms with E-state index in [2.05, 4.69) is 22.0 Å². The van der Waals surface area contributed by atoms with E-state index in [1.807, 2.05) is 40.8 Å². The van der Waals surface area contributed by atoms with Crippen molar-refractivity contribution in [3.05, 3.63) is 35.8 Å². The van der Waals surface area contributed by atoms with Crippen molar-refractivity contribution < 1.29 is 0 Å². The molecule has 0 unspecified atom stereocenters. The first-order valence-corrected chi connectivity index (χ1v) is 7.27. The molecule has 0 aromatic carbocycles. The van der Waals surface area contributed by atoms with E-state index in [0.717, 1.165) is 42.7 Å². The van der Waals surface area contributed by atoms with Crippen LogP contribution >= 0.6 is 0 Å². The molecule has 0 aliphatic heterocycles. The molecule has 3 heterocycles. The second-order valence-corrected chi connectivity index (χ2v) is 5.22. The number of pyridine rings is 1. The highest BCUT2D eigenvalue weighted by Crippen LogP contribution is 2.22. The summed E-state index contributed by atoms with van der Waals surface area (Å²) in [6.45, 7) is 2.93. The number of fused-ring (bicyclic) bond motifs is 1. The first-order chi connectivity index (χ1) is 10.2. The lowest BCUT2D eigenvalue weighted by Gasteiger charge is -2.06. The summed E-state index contributed by atoms with van der Waals surface area (Å²) in [7, 11) is 1.95. The molecule has 6 nitrogen and oxygen atoms in total. The molecule has 0 spiro atoms. The average Bonchev–Trinajstić information content (AvgIpc) is 2.96. The molecule has 0 aliphatic carbocycles. The van der Waals surface area contributed by atoms with E-state index in [1.54, 1.807) is 0 Å². The van der Waals surface area contributed by atoms with Crippen LogP contribution in [0.1, 0.15) is 24.6 Å². The summed E-state index contributed by atoms with van der Waals surface area (Å²) in [4.78, 5) is 8.55. The number of anilines is 1. The Hall–Kier alpha value is -2.37. The molecular formula is C15H20N6. The van der Waals surface area contributed by atoms with Crippen LogP contribution in [0.2, 0.25) is 0 Å². The van der Waals surface area contributed by atoms with Crippen LogP contribution in [-0.2, 0) is 26.4 Å². The van der Waals surface area contributed by atoms with Crippen LogP contribution in [0.5, 0.6) is 0 Å². The molecule has 0 saturated carbocycles. The lowest BCUT2D eigenvalue weighted by atomic mass is 10.2. The minimum Gasteiger partial charge on any atom is -0.369 e. The van der Waals surface area contributed by atoms with Gasteiger partial charge in [0.15, 0.2) is 5.65 Å². The van der Waals surface area contributed by atoms with Gasteiger partial charge in [0.1, 0.15) is 5.52 Å². The van der Waals surface area contributed by atoms with Gasteiger partial charge >= 0.3 is 0 Å². The van der Waals surface area contributed by atoms with E-state index in [9.17, 15) is 0 Å². The van der Waals surface area contributed by atoms with Gasteiger partial charge in [-0.15, -0.1) is 0 Å². The maximum atomic E-state index is 6.09. The summed E-state index contributed by atoms with van der Waals surface area (Å²) in [5.74, 6) is 0.560. The predicted molar refractivity (Wildman–Crippen MR) is 82.8 cm³/mol. The monoisotopic (exact) mass is 284 g/mol. The van der Waals surface area contributed by atoms with Crippen molar-refractivity contribution in [3.63, 3.8) is 0 Å². The maximum Gasteiger partial charge on any atom is 0.202 e. The highest BCUT2D eigenvalue weighted by molar-refractivity contribution is 5.77. The molecule has 3 aromatic rings. The predicted octanol–water partition coefficient (Wildman–Crippen LogP) is 1.94. The molecule has 0 amide bonds. The van der Waals surface area contributed by atoms with Crippen LogP contribution in [0.25, 0.3) is 11.2 Å². The highest BCUT2D eigenvalue weighted by atomic mass is 15.3. The Bertz CT molecular complexity index is 740. The van der Waals surface area contributed by atoms with E-state index >= 15 is 0 Å². The van der Waals surface area contributed by atoms with Gasteiger partial charge in [-0.2, -0.15) is 5.10 Å². The lowest BCUT2D eigenvalue weighted by Crippen LogP contribution is -2.09. The molecule has 110 valence electrons. The standard InChI is InChI=1S/C15H20N6/c1-3-4-12-13-14(20(2)19-12)21(15(16)18-13)10-7-11-5-8-17-9-6-11/h5-6,8-9H,3-4,7,10H2,1-2H3,(H2,16,18). The highest BCUT2D eigenvalue weighted by Gasteiger charge is 2.17. The van der Waals surface area contributed by atoms with Crippen LogP contribution in [-0.4, -0.2) is 24.3 Å². The van der Waals surface area contributed by atoms with Crippen LogP contribution in [0.3, 0.4) is 0 Å². The van der Waals surface area contributed by atoms with E-state index in [1.165, 1.54) is 5.56 Å². The van der Waals surface area contributed by atoms with E-state index < -0.39 is 0 Å². The van der Waals surface area contributed by atoms with E-state index in [-0.39, 0.29) is 0 Å². The summed E-state index contributed by atoms with van der Waals surface area (Å²) in [6.07, 6.45) is 6.50. The first kappa shape index (κ1) is 13.6. The van der Waals surface area contributed by atoms with Gasteiger partial charge in [0, 0.05) is 26.0 Å². The molecule has 3 aromatic heterocycles. The molecule has 0 bridgehead atoms. The van der Waals surface area contributed by atoms with Gasteiger partial charge < -0.3 is 5.73 Å². The number of rotatable bonds is 5. The maximum absolute atomic E-state index is 6.09. The Morgan fingerprint density at radius 1 is 1.19 bits per heavy atom. The van der Waals surface area contributed by atoms with Crippen LogP contribution in [0.4, 0.5) is 5.95 Å². The number of nitrogens with zero attached hydrogens (tertiary/aromatic N) is 5. The van der Waals surface area contributed by atoms with Gasteiger partial charge in [-0.25, -0.2) is 4.98 Å². The van der Waals surface area contributed by atoms with Crippen molar-refractivity contribution in [2.75, 3.05) is 5.73 Å². The quantitative estimate of drug-likeness (QED) is 0.777. The topological polar surface area (TPSA) is 74.6 Å². The minimum atomic E-state index is 0.560. The normalized spacial score (nSPS) is 11.3. The number of aromatic nitrogens is 5. The van der Waals surface area contributed by atoms with Crippen molar-refractivity contribution in [3.8, 4) is 0 Å². The minimum absolute atomic E-state index is 0.560. The summed E-state index contributed by atoms with van der Waals surface area (Å²) in [5.41, 5.74) is 10.3. The largest absolute Gasteiger partial charge is 0.369 e. The summed E-state index contributed by atoms with van der Waals surface area (Å²) in [5, 5.41) is 4.56. The molecule has 0 fully saturated rings. The lowest BCUT2D eigenvalue weighted by molar-refractivity contribution is 0.673. The van der Waals surface area contributed by atoms with Gasteiger partial charge in [-0.1, -0.05) is 13.3 Å². The Morgan fingerprint density at radius 3 is 2.67 bits per heavy atom. The van der Waals surface area contributed by atoms with Gasteiger partial charge in [0.2, 0.25) is 5.95 Å². The first-order valence-electron chi connectivity index (χ1n) is 7.27. The van der Waals surface area contributed by atoms with Gasteiger partial charge in [-0.05, 0) is 30.5 Å². The Labute approximate surface area is 123 Å². The molecule has 0 atom stereocenters. The van der Waals surface area contributed by atoms with Crippen molar-refractivity contribution in [2.45, 2.75) is 32.7 Å². The molecule has 0 radical (unpaired) electrons. The zero-order valence-corrected chi connectivity index (χ0v) is 12.5. The summed E-state index contributed by atoms with van der Waals surface area (Å²) in [6, 6.07) is 4.05. The van der Waals surface area contributed by atoms with Gasteiger partial charge in [0.25, 0.3) is 0 Å². The number of aryl methyl sites for hydroxylation is 4. The third kappa shape index (κ3) is 2.49. The number of hydrogen-bond acceptors (Lipinski definition) is 4. The molecule has 0 aliphatic rings. The van der Waals surface area contributed by atoms with E-state index in [4.69, 9.17) is 5.73 Å². The average molecular weight is 284 g/mol. The fraction of sp³-hybridized carbons (Fsp3) is 0.400. The molecule has 3 rings (SSSR count). The smallest absolute Gasteiger partial charge is 0.202 e. The van der Waals surface area contributed by atoms with Crippen molar-refractivity contribution >= 4 is 17.1 Å². The Morgan fingerprint density at radius 2 is 1.95 bits per heavy atom. The number of hydrogen-bond donors (Lipinski definition) is 1. The SMILES string of the molecule is CCCc1nn(C)c2c1nc(N)n2CCc1ccncc1. The summed E-state index contributed by atoms with van der Waals surface area (Å²) >= 11 is 0. The third-order valence-electron chi connectivity index (χ3n) is 3.68. The third-order valence-corrected chi connectivity index (χ3v) is 3.68. The zero-order chi connectivity index (χ0) is 14.8. The van der Waals surface area contributed by atoms with Crippen molar-refractivity contribution in [2.24, 2.45) is 7.05 Å². The fourth-order valence-corrected chi connectivity index (χ4v) is 2.67. The van der Waals surface area contributed by atoms with Crippen LogP contribution in [0, 0.1) is 0 Å². The number of nitrogens with two attached hydrogens (primary N) is 1. The molecule has 6 heteroatoms. The molecule has 2 N–H and O–H groups in total. The van der Waals surface area contributed by atoms with Crippen molar-refractivity contribution in [1.82, 2.24) is 24.3 Å². The fourth-order valence-electron chi connectivity index (χ4n) is 2.67. The zero-order valence-electron chi connectivity index (χ0n) is 12.5. The number of nitrogen functional groups attached to an aromatic ring is 1. The van der Waals surface area contributed by atoms with Crippen molar-refractivity contribution in [1.29, 1.82) is 0 Å². The van der Waals surface area contributed by atoms with Crippen LogP contribution < -0.4 is 5.73 Å². The Kier molecular flexibility index (Phi) is 3.60. The van der Waals surface area contributed by atoms with Gasteiger partial charge in [0.05, 0.1) is 5.69 Å². The molecular weight excluding hydrogens is 264 g/mol. The second-order valence-electron chi connectivity index (χ2n) is 5.22. The summed E-state index contributed by atoms with van der Waals surface area (Å²) < 4.78 is 3.93. The molecule has 21 heavy (non-hydrogen) atoms. The molecule has 0 saturated heterocycles. The Balaban J connectivity index is 1.93. The van der Waals surface area contributed by atoms with Gasteiger partial charge in [-0.3, -0.25) is 14.2 Å². The van der Waals surface area contributed by atoms with E-state index in [0.29, 0.717) is 5.95 Å². The van der Waals surface area contributed by atoms with Crippen LogP contribution in [0.15, 0.2) is 24.5 Å². The second kappa shape index (κ2) is 5.55.